The Kier molecular flexibility index (Phi) is 4.64. The third kappa shape index (κ3) is 2.95. The highest BCUT2D eigenvalue weighted by Crippen LogP contribution is 2.25. The molecule has 2 atom stereocenters. The highest BCUT2D eigenvalue weighted by molar-refractivity contribution is 6.20. The van der Waals surface area contributed by atoms with E-state index in [0.717, 1.165) is 16.9 Å². The number of nitriles is 1. The maximum atomic E-state index is 9.04. The fourth-order valence-corrected chi connectivity index (χ4v) is 2.47. The lowest BCUT2D eigenvalue weighted by molar-refractivity contribution is 0.0642. The van der Waals surface area contributed by atoms with Crippen molar-refractivity contribution in [1.82, 2.24) is 9.55 Å². The molecule has 4 nitrogen and oxygen atoms in total. The Hall–Kier alpha value is -1.57. The number of halogens is 1. The van der Waals surface area contributed by atoms with Gasteiger partial charge in [0.1, 0.15) is 5.82 Å². The second-order valence-electron chi connectivity index (χ2n) is 4.78. The number of hydrogen-bond donors (Lipinski definition) is 0. The van der Waals surface area contributed by atoms with Gasteiger partial charge in [-0.15, -0.1) is 11.6 Å². The van der Waals surface area contributed by atoms with Crippen LogP contribution in [0.15, 0.2) is 18.2 Å². The average molecular weight is 292 g/mol. The summed E-state index contributed by atoms with van der Waals surface area (Å²) in [6.45, 7) is 7.23. The number of hydrogen-bond acceptors (Lipinski definition) is 3. The molecule has 20 heavy (non-hydrogen) atoms. The molecule has 0 aliphatic heterocycles. The molecule has 0 fully saturated rings. The second kappa shape index (κ2) is 6.25. The van der Waals surface area contributed by atoms with Gasteiger partial charge < -0.3 is 9.30 Å². The zero-order valence-corrected chi connectivity index (χ0v) is 12.7. The van der Waals surface area contributed by atoms with E-state index >= 15 is 0 Å². The molecule has 0 aliphatic carbocycles. The summed E-state index contributed by atoms with van der Waals surface area (Å²) >= 11 is 6.22. The van der Waals surface area contributed by atoms with E-state index in [-0.39, 0.29) is 11.5 Å². The van der Waals surface area contributed by atoms with Crippen LogP contribution in [-0.2, 0) is 11.3 Å². The van der Waals surface area contributed by atoms with Gasteiger partial charge in [-0.3, -0.25) is 0 Å². The van der Waals surface area contributed by atoms with Crippen molar-refractivity contribution in [2.45, 2.75) is 38.8 Å². The first-order valence-corrected chi connectivity index (χ1v) is 7.16. The van der Waals surface area contributed by atoms with E-state index in [9.17, 15) is 0 Å². The molecule has 0 saturated heterocycles. The number of imidazole rings is 1. The normalized spacial score (nSPS) is 14.2. The van der Waals surface area contributed by atoms with Crippen LogP contribution in [0, 0.1) is 11.3 Å². The van der Waals surface area contributed by atoms with Gasteiger partial charge in [-0.25, -0.2) is 4.98 Å². The van der Waals surface area contributed by atoms with Crippen molar-refractivity contribution in [2.75, 3.05) is 6.61 Å². The highest BCUT2D eigenvalue weighted by atomic mass is 35.5. The number of rotatable bonds is 5. The smallest absolute Gasteiger partial charge is 0.127 e. The summed E-state index contributed by atoms with van der Waals surface area (Å²) in [5.41, 5.74) is 2.41. The summed E-state index contributed by atoms with van der Waals surface area (Å²) in [6, 6.07) is 7.64. The molecule has 1 aromatic heterocycles. The minimum atomic E-state index is -0.193. The Bertz CT molecular complexity index is 642. The largest absolute Gasteiger partial charge is 0.377 e. The van der Waals surface area contributed by atoms with Gasteiger partial charge >= 0.3 is 0 Å². The lowest BCUT2D eigenvalue weighted by Gasteiger charge is -2.16. The zero-order chi connectivity index (χ0) is 14.7. The van der Waals surface area contributed by atoms with Crippen molar-refractivity contribution in [3.63, 3.8) is 0 Å². The molecule has 0 amide bonds. The van der Waals surface area contributed by atoms with Gasteiger partial charge in [-0.1, -0.05) is 0 Å². The highest BCUT2D eigenvalue weighted by Gasteiger charge is 2.17. The van der Waals surface area contributed by atoms with Crippen LogP contribution in [0.1, 0.15) is 37.5 Å². The standard InChI is InChI=1S/C15H18ClN3O/c1-4-20-10(2)9-19-14-7-12(8-17)5-6-13(14)18-15(19)11(3)16/h5-7,10-11H,4,9H2,1-3H3. The lowest BCUT2D eigenvalue weighted by atomic mass is 10.2. The fourth-order valence-electron chi connectivity index (χ4n) is 2.30. The van der Waals surface area contributed by atoms with Crippen LogP contribution < -0.4 is 0 Å². The van der Waals surface area contributed by atoms with Crippen LogP contribution >= 0.6 is 11.6 Å². The molecule has 0 bridgehead atoms. The molecular weight excluding hydrogens is 274 g/mol. The summed E-state index contributed by atoms with van der Waals surface area (Å²) in [4.78, 5) is 4.57. The van der Waals surface area contributed by atoms with Crippen LogP contribution in [0.4, 0.5) is 0 Å². The Balaban J connectivity index is 2.52. The van der Waals surface area contributed by atoms with Gasteiger partial charge in [0.05, 0.1) is 40.7 Å². The number of benzene rings is 1. The van der Waals surface area contributed by atoms with E-state index < -0.39 is 0 Å². The van der Waals surface area contributed by atoms with Crippen LogP contribution in [-0.4, -0.2) is 22.3 Å². The second-order valence-corrected chi connectivity index (χ2v) is 5.43. The third-order valence-electron chi connectivity index (χ3n) is 3.15. The molecule has 0 N–H and O–H groups in total. The van der Waals surface area contributed by atoms with Crippen molar-refractivity contribution >= 4 is 22.6 Å². The first-order valence-electron chi connectivity index (χ1n) is 6.72. The molecule has 2 aromatic rings. The number of aromatic nitrogens is 2. The topological polar surface area (TPSA) is 50.8 Å². The maximum Gasteiger partial charge on any atom is 0.127 e. The van der Waals surface area contributed by atoms with Crippen molar-refractivity contribution in [3.05, 3.63) is 29.6 Å². The molecule has 1 heterocycles. The molecule has 106 valence electrons. The monoisotopic (exact) mass is 291 g/mol. The minimum Gasteiger partial charge on any atom is -0.377 e. The Morgan fingerprint density at radius 3 is 2.80 bits per heavy atom. The summed E-state index contributed by atoms with van der Waals surface area (Å²) in [7, 11) is 0. The van der Waals surface area contributed by atoms with Crippen LogP contribution in [0.25, 0.3) is 11.0 Å². The van der Waals surface area contributed by atoms with E-state index in [2.05, 4.69) is 11.1 Å². The van der Waals surface area contributed by atoms with Gasteiger partial charge in [0.25, 0.3) is 0 Å². The Labute approximate surface area is 123 Å². The van der Waals surface area contributed by atoms with E-state index in [1.807, 2.05) is 37.5 Å². The SMILES string of the molecule is CCOC(C)Cn1c(C(C)Cl)nc2ccc(C#N)cc21. The average Bonchev–Trinajstić information content (AvgIpc) is 2.77. The first-order chi connectivity index (χ1) is 9.56. The van der Waals surface area contributed by atoms with E-state index in [4.69, 9.17) is 21.6 Å². The van der Waals surface area contributed by atoms with E-state index in [1.165, 1.54) is 0 Å². The summed E-state index contributed by atoms with van der Waals surface area (Å²) in [5.74, 6) is 0.809. The quantitative estimate of drug-likeness (QED) is 0.790. The van der Waals surface area contributed by atoms with Gasteiger partial charge in [-0.05, 0) is 39.0 Å². The van der Waals surface area contributed by atoms with Gasteiger partial charge in [0, 0.05) is 6.61 Å². The van der Waals surface area contributed by atoms with Crippen molar-refractivity contribution < 1.29 is 4.74 Å². The van der Waals surface area contributed by atoms with Crippen LogP contribution in [0.3, 0.4) is 0 Å². The Morgan fingerprint density at radius 1 is 1.45 bits per heavy atom. The number of nitrogens with zero attached hydrogens (tertiary/aromatic N) is 3. The van der Waals surface area contributed by atoms with E-state index in [0.29, 0.717) is 18.7 Å². The molecule has 2 unspecified atom stereocenters. The predicted molar refractivity (Wildman–Crippen MR) is 79.8 cm³/mol. The molecule has 0 spiro atoms. The number of alkyl halides is 1. The molecular formula is C15H18ClN3O. The number of ether oxygens (including phenoxy) is 1. The number of fused-ring (bicyclic) bond motifs is 1. The third-order valence-corrected chi connectivity index (χ3v) is 3.35. The fraction of sp³-hybridized carbons (Fsp3) is 0.467. The molecule has 1 aromatic carbocycles. The first kappa shape index (κ1) is 14.8. The van der Waals surface area contributed by atoms with Crippen molar-refractivity contribution in [3.8, 4) is 6.07 Å². The molecule has 2 rings (SSSR count). The van der Waals surface area contributed by atoms with Gasteiger partial charge in [-0.2, -0.15) is 5.26 Å². The minimum absolute atomic E-state index is 0.0670. The Morgan fingerprint density at radius 2 is 2.20 bits per heavy atom. The molecule has 5 heteroatoms. The van der Waals surface area contributed by atoms with Gasteiger partial charge in [0.2, 0.25) is 0 Å². The van der Waals surface area contributed by atoms with Crippen molar-refractivity contribution in [1.29, 1.82) is 5.26 Å². The summed E-state index contributed by atoms with van der Waals surface area (Å²) in [6.07, 6.45) is 0.0670. The summed E-state index contributed by atoms with van der Waals surface area (Å²) < 4.78 is 7.65. The van der Waals surface area contributed by atoms with E-state index in [1.54, 1.807) is 6.07 Å². The lowest BCUT2D eigenvalue weighted by Crippen LogP contribution is -2.18. The zero-order valence-electron chi connectivity index (χ0n) is 11.9. The van der Waals surface area contributed by atoms with Crippen molar-refractivity contribution in [2.24, 2.45) is 0 Å². The van der Waals surface area contributed by atoms with Crippen LogP contribution in [0.5, 0.6) is 0 Å². The molecule has 0 aliphatic rings. The predicted octanol–water partition coefficient (Wildman–Crippen LogP) is 3.63. The molecule has 0 saturated carbocycles. The maximum absolute atomic E-state index is 9.04. The summed E-state index contributed by atoms with van der Waals surface area (Å²) in [5, 5.41) is 8.85. The van der Waals surface area contributed by atoms with Gasteiger partial charge in [0.15, 0.2) is 0 Å². The van der Waals surface area contributed by atoms with Crippen LogP contribution in [0.2, 0.25) is 0 Å². The molecule has 0 radical (unpaired) electrons.